The third-order valence-corrected chi connectivity index (χ3v) is 6.36. The van der Waals surface area contributed by atoms with Crippen molar-refractivity contribution >= 4 is 5.69 Å². The van der Waals surface area contributed by atoms with E-state index in [1.165, 1.54) is 55.3 Å². The normalized spacial score (nSPS) is 29.8. The van der Waals surface area contributed by atoms with Gasteiger partial charge >= 0.3 is 0 Å². The van der Waals surface area contributed by atoms with Gasteiger partial charge in [0.05, 0.1) is 6.10 Å². The Morgan fingerprint density at radius 3 is 2.76 bits per heavy atom. The summed E-state index contributed by atoms with van der Waals surface area (Å²) >= 11 is 0. The van der Waals surface area contributed by atoms with Gasteiger partial charge in [-0.15, -0.1) is 0 Å². The summed E-state index contributed by atoms with van der Waals surface area (Å²) < 4.78 is 11.9. The van der Waals surface area contributed by atoms with Crippen LogP contribution in [0.3, 0.4) is 0 Å². The van der Waals surface area contributed by atoms with Crippen LogP contribution in [0.2, 0.25) is 0 Å². The van der Waals surface area contributed by atoms with Gasteiger partial charge in [-0.2, -0.15) is 0 Å². The van der Waals surface area contributed by atoms with Gasteiger partial charge < -0.3 is 14.8 Å². The lowest BCUT2D eigenvalue weighted by Gasteiger charge is -2.47. The second kappa shape index (κ2) is 7.67. The number of anilines is 1. The smallest absolute Gasteiger partial charge is 0.0892 e. The summed E-state index contributed by atoms with van der Waals surface area (Å²) in [6.07, 6.45) is 7.57. The van der Waals surface area contributed by atoms with Crippen molar-refractivity contribution in [1.29, 1.82) is 0 Å². The number of hydrogen-bond donors (Lipinski definition) is 1. The fourth-order valence-corrected chi connectivity index (χ4v) is 4.91. The van der Waals surface area contributed by atoms with Crippen LogP contribution in [0.25, 0.3) is 0 Å². The molecule has 1 N–H and O–H groups in total. The third-order valence-electron chi connectivity index (χ3n) is 6.36. The molecule has 3 aliphatic heterocycles. The average Bonchev–Trinajstić information content (AvgIpc) is 2.66. The molecule has 0 unspecified atom stereocenters. The van der Waals surface area contributed by atoms with E-state index >= 15 is 0 Å². The van der Waals surface area contributed by atoms with Gasteiger partial charge in [0.25, 0.3) is 0 Å². The second-order valence-corrected chi connectivity index (χ2v) is 8.57. The number of rotatable bonds is 4. The van der Waals surface area contributed by atoms with Gasteiger partial charge in [0.1, 0.15) is 0 Å². The van der Waals surface area contributed by atoms with Crippen LogP contribution in [0.1, 0.15) is 63.2 Å². The molecule has 2 saturated heterocycles. The summed E-state index contributed by atoms with van der Waals surface area (Å²) in [6.45, 7) is 7.36. The van der Waals surface area contributed by atoms with Crippen molar-refractivity contribution < 1.29 is 9.47 Å². The summed E-state index contributed by atoms with van der Waals surface area (Å²) in [5.74, 6) is 2.09. The highest BCUT2D eigenvalue weighted by molar-refractivity contribution is 5.57. The van der Waals surface area contributed by atoms with E-state index in [0.29, 0.717) is 12.0 Å². The largest absolute Gasteiger partial charge is 0.381 e. The maximum Gasteiger partial charge on any atom is 0.0892 e. The first-order chi connectivity index (χ1) is 12.2. The van der Waals surface area contributed by atoms with E-state index in [4.69, 9.17) is 9.47 Å². The van der Waals surface area contributed by atoms with Crippen LogP contribution in [-0.4, -0.2) is 25.9 Å². The van der Waals surface area contributed by atoms with Gasteiger partial charge in [-0.25, -0.2) is 0 Å². The molecule has 3 aliphatic rings. The molecule has 3 nitrogen and oxygen atoms in total. The summed E-state index contributed by atoms with van der Waals surface area (Å²) in [6, 6.07) is 7.60. The van der Waals surface area contributed by atoms with Crippen LogP contribution in [0.5, 0.6) is 0 Å². The summed E-state index contributed by atoms with van der Waals surface area (Å²) in [5, 5.41) is 3.92. The molecular weight excluding hydrogens is 310 g/mol. The SMILES string of the molecule is CC(C)CCc1ccc2c(c1)[C@H]1OCCC[C@H]1[C@@H](C1CCOCC1)N2. The number of nitrogens with one attached hydrogen (secondary N) is 1. The zero-order chi connectivity index (χ0) is 17.2. The highest BCUT2D eigenvalue weighted by Crippen LogP contribution is 2.47. The molecule has 0 bridgehead atoms. The van der Waals surface area contributed by atoms with Crippen molar-refractivity contribution in [3.63, 3.8) is 0 Å². The molecule has 0 aromatic heterocycles. The first kappa shape index (κ1) is 17.4. The molecule has 0 saturated carbocycles. The molecule has 138 valence electrons. The van der Waals surface area contributed by atoms with Crippen molar-refractivity contribution in [3.8, 4) is 0 Å². The Bertz CT molecular complexity index is 579. The van der Waals surface area contributed by atoms with Gasteiger partial charge in [0, 0.05) is 43.0 Å². The van der Waals surface area contributed by atoms with E-state index in [1.54, 1.807) is 0 Å². The minimum atomic E-state index is 0.289. The Balaban J connectivity index is 1.59. The average molecular weight is 344 g/mol. The van der Waals surface area contributed by atoms with Gasteiger partial charge in [0.15, 0.2) is 0 Å². The first-order valence-corrected chi connectivity index (χ1v) is 10.3. The van der Waals surface area contributed by atoms with Crippen molar-refractivity contribution in [1.82, 2.24) is 0 Å². The summed E-state index contributed by atoms with van der Waals surface area (Å²) in [4.78, 5) is 0. The summed E-state index contributed by atoms with van der Waals surface area (Å²) in [7, 11) is 0. The van der Waals surface area contributed by atoms with Crippen LogP contribution in [-0.2, 0) is 15.9 Å². The number of hydrogen-bond acceptors (Lipinski definition) is 3. The molecule has 3 atom stereocenters. The Kier molecular flexibility index (Phi) is 5.33. The Morgan fingerprint density at radius 1 is 1.12 bits per heavy atom. The number of aryl methyl sites for hydroxylation is 1. The van der Waals surface area contributed by atoms with Crippen molar-refractivity contribution in [2.24, 2.45) is 17.8 Å². The number of ether oxygens (including phenoxy) is 2. The minimum Gasteiger partial charge on any atom is -0.381 e. The van der Waals surface area contributed by atoms with Crippen LogP contribution in [0, 0.1) is 17.8 Å². The monoisotopic (exact) mass is 343 g/mol. The zero-order valence-electron chi connectivity index (χ0n) is 15.8. The van der Waals surface area contributed by atoms with E-state index in [2.05, 4.69) is 37.4 Å². The number of fused-ring (bicyclic) bond motifs is 3. The molecule has 1 aromatic rings. The van der Waals surface area contributed by atoms with E-state index < -0.39 is 0 Å². The molecule has 0 aliphatic carbocycles. The van der Waals surface area contributed by atoms with Crippen molar-refractivity contribution in [3.05, 3.63) is 29.3 Å². The van der Waals surface area contributed by atoms with Crippen molar-refractivity contribution in [2.75, 3.05) is 25.1 Å². The van der Waals surface area contributed by atoms with Gasteiger partial charge in [-0.1, -0.05) is 26.0 Å². The molecule has 25 heavy (non-hydrogen) atoms. The zero-order valence-corrected chi connectivity index (χ0v) is 15.8. The van der Waals surface area contributed by atoms with E-state index in [9.17, 15) is 0 Å². The topological polar surface area (TPSA) is 30.5 Å². The molecule has 0 amide bonds. The quantitative estimate of drug-likeness (QED) is 0.838. The Hall–Kier alpha value is -1.06. The van der Waals surface area contributed by atoms with Crippen LogP contribution >= 0.6 is 0 Å². The lowest BCUT2D eigenvalue weighted by molar-refractivity contribution is -0.0517. The van der Waals surface area contributed by atoms with E-state index in [-0.39, 0.29) is 6.10 Å². The fraction of sp³-hybridized carbons (Fsp3) is 0.727. The van der Waals surface area contributed by atoms with Crippen LogP contribution in [0.4, 0.5) is 5.69 Å². The lowest BCUT2D eigenvalue weighted by atomic mass is 9.73. The number of benzene rings is 1. The Labute approximate surface area is 152 Å². The highest BCUT2D eigenvalue weighted by atomic mass is 16.5. The van der Waals surface area contributed by atoms with Gasteiger partial charge in [-0.05, 0) is 62.0 Å². The fourth-order valence-electron chi connectivity index (χ4n) is 4.91. The predicted molar refractivity (Wildman–Crippen MR) is 102 cm³/mol. The standard InChI is InChI=1S/C22H33NO2/c1-15(2)5-6-16-7-8-20-19(14-16)22-18(4-3-11-25-22)21(23-20)17-9-12-24-13-10-17/h7-8,14-15,17-18,21-23H,3-6,9-13H2,1-2H3/t18-,21+,22-/m0/s1. The van der Waals surface area contributed by atoms with E-state index in [0.717, 1.165) is 31.7 Å². The molecule has 1 aromatic carbocycles. The van der Waals surface area contributed by atoms with E-state index in [1.807, 2.05) is 0 Å². The van der Waals surface area contributed by atoms with Crippen LogP contribution < -0.4 is 5.32 Å². The Morgan fingerprint density at radius 2 is 1.96 bits per heavy atom. The van der Waals surface area contributed by atoms with Crippen LogP contribution in [0.15, 0.2) is 18.2 Å². The predicted octanol–water partition coefficient (Wildman–Crippen LogP) is 4.96. The first-order valence-electron chi connectivity index (χ1n) is 10.3. The lowest BCUT2D eigenvalue weighted by Crippen LogP contribution is -2.47. The maximum absolute atomic E-state index is 6.34. The molecule has 0 radical (unpaired) electrons. The molecule has 2 fully saturated rings. The highest BCUT2D eigenvalue weighted by Gasteiger charge is 2.42. The van der Waals surface area contributed by atoms with Crippen molar-refractivity contribution in [2.45, 2.75) is 64.5 Å². The third kappa shape index (κ3) is 3.73. The maximum atomic E-state index is 6.34. The molecule has 3 heteroatoms. The molecule has 3 heterocycles. The summed E-state index contributed by atoms with van der Waals surface area (Å²) in [5.41, 5.74) is 4.19. The minimum absolute atomic E-state index is 0.289. The molecule has 4 rings (SSSR count). The molecular formula is C22H33NO2. The molecule has 0 spiro atoms. The van der Waals surface area contributed by atoms with Gasteiger partial charge in [-0.3, -0.25) is 0 Å². The van der Waals surface area contributed by atoms with Gasteiger partial charge in [0.2, 0.25) is 0 Å². The second-order valence-electron chi connectivity index (χ2n) is 8.57.